The van der Waals surface area contributed by atoms with E-state index in [0.29, 0.717) is 41.0 Å². The van der Waals surface area contributed by atoms with Crippen LogP contribution in [-0.2, 0) is 11.4 Å². The van der Waals surface area contributed by atoms with E-state index in [9.17, 15) is 9.59 Å². The molecule has 1 aliphatic heterocycles. The minimum Gasteiger partial charge on any atom is -0.490 e. The minimum absolute atomic E-state index is 0.172. The van der Waals surface area contributed by atoms with Crippen molar-refractivity contribution in [2.75, 3.05) is 11.5 Å². The summed E-state index contributed by atoms with van der Waals surface area (Å²) in [6, 6.07) is 19.5. The summed E-state index contributed by atoms with van der Waals surface area (Å²) in [4.78, 5) is 26.4. The molecule has 0 aliphatic carbocycles. The van der Waals surface area contributed by atoms with Gasteiger partial charge >= 0.3 is 6.03 Å². The summed E-state index contributed by atoms with van der Waals surface area (Å²) in [5.41, 5.74) is 2.37. The molecule has 0 unspecified atom stereocenters. The number of carbonyl (C=O) groups is 2. The van der Waals surface area contributed by atoms with Gasteiger partial charge in [-0.2, -0.15) is 0 Å². The summed E-state index contributed by atoms with van der Waals surface area (Å²) in [7, 11) is 0. The van der Waals surface area contributed by atoms with E-state index in [0.717, 1.165) is 14.0 Å². The molecule has 0 spiro atoms. The van der Waals surface area contributed by atoms with Crippen LogP contribution in [0.5, 0.6) is 11.5 Å². The molecular formula is C25H20ClIN2O4. The van der Waals surface area contributed by atoms with Crippen molar-refractivity contribution >= 4 is 57.9 Å². The number of hydrogen-bond acceptors (Lipinski definition) is 4. The standard InChI is InChI=1S/C25H20ClIN2O4/c1-2-32-22-14-17(12-20(27)23(22)33-15-16-6-4-3-5-7-16)13-21-24(30)29(25(31)28-21)19-10-8-18(26)9-11-19/h3-14H,2,15H2,1H3,(H,28,31)/b21-13+. The van der Waals surface area contributed by atoms with Crippen LogP contribution in [0.2, 0.25) is 5.02 Å². The molecule has 1 heterocycles. The van der Waals surface area contributed by atoms with Crippen molar-refractivity contribution in [2.24, 2.45) is 0 Å². The zero-order valence-corrected chi connectivity index (χ0v) is 20.6. The first-order chi connectivity index (χ1) is 16.0. The van der Waals surface area contributed by atoms with E-state index in [1.54, 1.807) is 36.4 Å². The number of ether oxygens (including phenoxy) is 2. The van der Waals surface area contributed by atoms with Crippen LogP contribution in [-0.4, -0.2) is 18.5 Å². The molecule has 1 N–H and O–H groups in total. The first-order valence-corrected chi connectivity index (χ1v) is 11.7. The zero-order chi connectivity index (χ0) is 23.4. The molecule has 0 radical (unpaired) electrons. The lowest BCUT2D eigenvalue weighted by Gasteiger charge is -2.15. The molecule has 3 amide bonds. The summed E-state index contributed by atoms with van der Waals surface area (Å²) >= 11 is 8.09. The summed E-state index contributed by atoms with van der Waals surface area (Å²) in [5.74, 6) is 0.756. The van der Waals surface area contributed by atoms with Crippen molar-refractivity contribution in [1.82, 2.24) is 5.32 Å². The van der Waals surface area contributed by atoms with Crippen LogP contribution in [0.25, 0.3) is 6.08 Å². The Bertz CT molecular complexity index is 1210. The number of amides is 3. The van der Waals surface area contributed by atoms with Gasteiger partial charge in [0.05, 0.1) is 15.9 Å². The molecule has 1 saturated heterocycles. The average molecular weight is 575 g/mol. The second-order valence-electron chi connectivity index (χ2n) is 7.14. The third-order valence-corrected chi connectivity index (χ3v) is 5.88. The highest BCUT2D eigenvalue weighted by atomic mass is 127. The number of hydrogen-bond donors (Lipinski definition) is 1. The molecule has 0 atom stereocenters. The van der Waals surface area contributed by atoms with E-state index < -0.39 is 11.9 Å². The topological polar surface area (TPSA) is 67.9 Å². The predicted octanol–water partition coefficient (Wildman–Crippen LogP) is 6.02. The predicted molar refractivity (Wildman–Crippen MR) is 137 cm³/mol. The average Bonchev–Trinajstić information content (AvgIpc) is 3.07. The molecule has 3 aromatic rings. The van der Waals surface area contributed by atoms with Crippen molar-refractivity contribution in [3.63, 3.8) is 0 Å². The van der Waals surface area contributed by atoms with Gasteiger partial charge in [-0.25, -0.2) is 9.69 Å². The Morgan fingerprint density at radius 3 is 2.45 bits per heavy atom. The number of carbonyl (C=O) groups excluding carboxylic acids is 2. The molecule has 0 aromatic heterocycles. The first kappa shape index (κ1) is 23.1. The molecule has 0 saturated carbocycles. The Hall–Kier alpha value is -3.04. The molecule has 3 aromatic carbocycles. The lowest BCUT2D eigenvalue weighted by molar-refractivity contribution is -0.113. The lowest BCUT2D eigenvalue weighted by Crippen LogP contribution is -2.30. The highest BCUT2D eigenvalue weighted by molar-refractivity contribution is 14.1. The Labute approximate surface area is 210 Å². The minimum atomic E-state index is -0.517. The Balaban J connectivity index is 1.60. The third-order valence-electron chi connectivity index (χ3n) is 4.83. The van der Waals surface area contributed by atoms with Gasteiger partial charge in [0.25, 0.3) is 5.91 Å². The highest BCUT2D eigenvalue weighted by Crippen LogP contribution is 2.36. The fraction of sp³-hybridized carbons (Fsp3) is 0.120. The van der Waals surface area contributed by atoms with Gasteiger partial charge < -0.3 is 14.8 Å². The monoisotopic (exact) mass is 574 g/mol. The number of benzene rings is 3. The van der Waals surface area contributed by atoms with Gasteiger partial charge in [0.1, 0.15) is 12.3 Å². The van der Waals surface area contributed by atoms with E-state index in [1.165, 1.54) is 0 Å². The maximum Gasteiger partial charge on any atom is 0.333 e. The van der Waals surface area contributed by atoms with Crippen LogP contribution >= 0.6 is 34.2 Å². The molecule has 1 fully saturated rings. The first-order valence-electron chi connectivity index (χ1n) is 10.2. The van der Waals surface area contributed by atoms with Gasteiger partial charge in [-0.05, 0) is 83.1 Å². The van der Waals surface area contributed by atoms with Crippen LogP contribution < -0.4 is 19.7 Å². The van der Waals surface area contributed by atoms with E-state index in [2.05, 4.69) is 27.9 Å². The van der Waals surface area contributed by atoms with Gasteiger partial charge in [-0.3, -0.25) is 4.79 Å². The zero-order valence-electron chi connectivity index (χ0n) is 17.7. The fourth-order valence-corrected chi connectivity index (χ4v) is 4.24. The number of nitrogens with one attached hydrogen (secondary N) is 1. The quantitative estimate of drug-likeness (QED) is 0.213. The number of halogens is 2. The van der Waals surface area contributed by atoms with Gasteiger partial charge in [-0.1, -0.05) is 41.9 Å². The van der Waals surface area contributed by atoms with Crippen molar-refractivity contribution in [2.45, 2.75) is 13.5 Å². The smallest absolute Gasteiger partial charge is 0.333 e. The van der Waals surface area contributed by atoms with Crippen molar-refractivity contribution in [3.05, 3.63) is 92.1 Å². The van der Waals surface area contributed by atoms with Crippen molar-refractivity contribution in [1.29, 1.82) is 0 Å². The second kappa shape index (κ2) is 10.3. The summed E-state index contributed by atoms with van der Waals surface area (Å²) < 4.78 is 12.7. The molecule has 168 valence electrons. The van der Waals surface area contributed by atoms with Crippen LogP contribution in [0, 0.1) is 3.57 Å². The van der Waals surface area contributed by atoms with E-state index in [-0.39, 0.29) is 5.70 Å². The normalized spacial score (nSPS) is 14.5. The van der Waals surface area contributed by atoms with E-state index in [1.807, 2.05) is 43.3 Å². The lowest BCUT2D eigenvalue weighted by atomic mass is 10.1. The summed E-state index contributed by atoms with van der Waals surface area (Å²) in [6.45, 7) is 2.75. The van der Waals surface area contributed by atoms with Crippen molar-refractivity contribution in [3.8, 4) is 11.5 Å². The summed E-state index contributed by atoms with van der Waals surface area (Å²) in [6.07, 6.45) is 1.63. The van der Waals surface area contributed by atoms with Crippen LogP contribution in [0.3, 0.4) is 0 Å². The summed E-state index contributed by atoms with van der Waals surface area (Å²) in [5, 5.41) is 3.16. The van der Waals surface area contributed by atoms with Gasteiger partial charge in [0.15, 0.2) is 11.5 Å². The molecule has 6 nitrogen and oxygen atoms in total. The van der Waals surface area contributed by atoms with Gasteiger partial charge in [-0.15, -0.1) is 0 Å². The second-order valence-corrected chi connectivity index (χ2v) is 8.74. The SMILES string of the molecule is CCOc1cc(/C=C2/NC(=O)N(c3ccc(Cl)cc3)C2=O)cc(I)c1OCc1ccccc1. The van der Waals surface area contributed by atoms with Crippen molar-refractivity contribution < 1.29 is 19.1 Å². The Morgan fingerprint density at radius 1 is 1.03 bits per heavy atom. The maximum absolute atomic E-state index is 12.9. The number of imide groups is 1. The molecule has 4 rings (SSSR count). The van der Waals surface area contributed by atoms with Crippen LogP contribution in [0.1, 0.15) is 18.1 Å². The van der Waals surface area contributed by atoms with Crippen LogP contribution in [0.15, 0.2) is 72.4 Å². The van der Waals surface area contributed by atoms with E-state index in [4.69, 9.17) is 21.1 Å². The Morgan fingerprint density at radius 2 is 1.76 bits per heavy atom. The van der Waals surface area contributed by atoms with Crippen LogP contribution in [0.4, 0.5) is 10.5 Å². The fourth-order valence-electron chi connectivity index (χ4n) is 3.33. The number of rotatable bonds is 7. The third kappa shape index (κ3) is 5.31. The molecule has 0 bridgehead atoms. The Kier molecular flexibility index (Phi) is 7.20. The molecule has 8 heteroatoms. The number of anilines is 1. The van der Waals surface area contributed by atoms with E-state index >= 15 is 0 Å². The molecular weight excluding hydrogens is 555 g/mol. The number of urea groups is 1. The largest absolute Gasteiger partial charge is 0.490 e. The molecule has 1 aliphatic rings. The molecule has 33 heavy (non-hydrogen) atoms. The van der Waals surface area contributed by atoms with Gasteiger partial charge in [0, 0.05) is 5.02 Å². The van der Waals surface area contributed by atoms with Gasteiger partial charge in [0.2, 0.25) is 0 Å². The highest BCUT2D eigenvalue weighted by Gasteiger charge is 2.34. The number of nitrogens with zero attached hydrogens (tertiary/aromatic N) is 1. The maximum atomic E-state index is 12.9.